The van der Waals surface area contributed by atoms with E-state index < -0.39 is 55.9 Å². The van der Waals surface area contributed by atoms with E-state index in [0.29, 0.717) is 15.1 Å². The zero-order valence-corrected chi connectivity index (χ0v) is 34.3. The van der Waals surface area contributed by atoms with E-state index in [1.54, 1.807) is 79.9 Å². The molecule has 1 aromatic heterocycles. The minimum absolute atomic E-state index is 0.0117. The number of carbonyl (C=O) groups excluding carboxylic acids is 2. The van der Waals surface area contributed by atoms with E-state index in [4.69, 9.17) is 21.2 Å². The zero-order valence-electron chi connectivity index (χ0n) is 31.9. The lowest BCUT2D eigenvalue weighted by atomic mass is 9.98. The summed E-state index contributed by atoms with van der Waals surface area (Å²) in [6.45, 7) is 14.4. The molecule has 0 aliphatic rings. The van der Waals surface area contributed by atoms with Crippen LogP contribution in [0.2, 0.25) is 5.02 Å². The summed E-state index contributed by atoms with van der Waals surface area (Å²) in [6.07, 6.45) is 3.62. The van der Waals surface area contributed by atoms with Crippen LogP contribution in [0.3, 0.4) is 0 Å². The standard InChI is InChI=1S/C37H52ClN5O8S2/c1-26-24-39-19-18-31(26)30-14-10-13-29(23-30)28(3)42(52(46,47)33-16-11-15-32(38)27(33)2)22-12-17-34(44)40-20-21-41-53(48,49)43(51-37(7,8)9)25-35(45)50-36(4,5)6/h10-11,13-16,18-19,23-24,28,41H,12,17,20-22,25H2,1-9H3,(H,40,44)/t28-/m0/s1. The van der Waals surface area contributed by atoms with E-state index in [1.165, 1.54) is 10.4 Å². The quantitative estimate of drug-likeness (QED) is 0.0966. The Kier molecular flexibility index (Phi) is 15.1. The monoisotopic (exact) mass is 793 g/mol. The predicted octanol–water partition coefficient (Wildman–Crippen LogP) is 5.88. The SMILES string of the molecule is Cc1cnccc1-c1cccc([C@H](C)N(CCCC(=O)NCCNS(=O)(=O)N(CC(=O)OC(C)(C)C)OC(C)(C)C)S(=O)(=O)c2cccc(Cl)c2C)c1. The van der Waals surface area contributed by atoms with Crippen LogP contribution >= 0.6 is 11.6 Å². The molecule has 3 rings (SSSR count). The highest BCUT2D eigenvalue weighted by atomic mass is 35.5. The number of hydrogen-bond acceptors (Lipinski definition) is 9. The molecule has 16 heteroatoms. The molecule has 1 atom stereocenters. The first kappa shape index (κ1) is 44.0. The molecule has 292 valence electrons. The minimum atomic E-state index is -4.32. The van der Waals surface area contributed by atoms with Crippen molar-refractivity contribution in [1.29, 1.82) is 0 Å². The van der Waals surface area contributed by atoms with Gasteiger partial charge >= 0.3 is 16.2 Å². The average Bonchev–Trinajstić information content (AvgIpc) is 3.04. The maximum atomic E-state index is 14.2. The summed E-state index contributed by atoms with van der Waals surface area (Å²) in [6, 6.07) is 13.7. The van der Waals surface area contributed by atoms with Gasteiger partial charge in [-0.05, 0) is 121 Å². The number of aromatic nitrogens is 1. The van der Waals surface area contributed by atoms with Gasteiger partial charge in [0.2, 0.25) is 15.9 Å². The number of benzene rings is 2. The maximum Gasteiger partial charge on any atom is 0.324 e. The van der Waals surface area contributed by atoms with E-state index in [1.807, 2.05) is 37.3 Å². The third kappa shape index (κ3) is 13.1. The van der Waals surface area contributed by atoms with Crippen molar-refractivity contribution in [3.63, 3.8) is 0 Å². The van der Waals surface area contributed by atoms with Crippen LogP contribution in [-0.4, -0.2) is 79.9 Å². The van der Waals surface area contributed by atoms with E-state index in [0.717, 1.165) is 22.3 Å². The van der Waals surface area contributed by atoms with E-state index in [-0.39, 0.29) is 37.4 Å². The van der Waals surface area contributed by atoms with Crippen LogP contribution in [0, 0.1) is 13.8 Å². The Hall–Kier alpha value is -3.44. The van der Waals surface area contributed by atoms with Gasteiger partial charge in [-0.1, -0.05) is 40.3 Å². The number of rotatable bonds is 17. The average molecular weight is 794 g/mol. The van der Waals surface area contributed by atoms with Crippen molar-refractivity contribution in [1.82, 2.24) is 23.8 Å². The Morgan fingerprint density at radius 3 is 2.26 bits per heavy atom. The number of sulfonamides is 1. The smallest absolute Gasteiger partial charge is 0.324 e. The number of pyridine rings is 1. The van der Waals surface area contributed by atoms with Crippen molar-refractivity contribution >= 4 is 43.7 Å². The maximum absolute atomic E-state index is 14.2. The fraction of sp³-hybridized carbons (Fsp3) is 0.486. The number of amides is 1. The van der Waals surface area contributed by atoms with Gasteiger partial charge in [-0.2, -0.15) is 17.4 Å². The van der Waals surface area contributed by atoms with Crippen LogP contribution in [0.1, 0.15) is 84.0 Å². The Labute approximate surface area is 319 Å². The molecule has 0 aliphatic heterocycles. The van der Waals surface area contributed by atoms with Gasteiger partial charge < -0.3 is 10.1 Å². The van der Waals surface area contributed by atoms with E-state index in [9.17, 15) is 26.4 Å². The lowest BCUT2D eigenvalue weighted by Gasteiger charge is -2.30. The molecule has 3 aromatic rings. The van der Waals surface area contributed by atoms with Gasteiger partial charge in [0.05, 0.1) is 10.5 Å². The van der Waals surface area contributed by atoms with Gasteiger partial charge in [-0.25, -0.2) is 8.42 Å². The van der Waals surface area contributed by atoms with Crippen LogP contribution in [0.4, 0.5) is 0 Å². The summed E-state index contributed by atoms with van der Waals surface area (Å²) in [5, 5.41) is 2.98. The zero-order chi connectivity index (χ0) is 39.8. The van der Waals surface area contributed by atoms with E-state index >= 15 is 0 Å². The van der Waals surface area contributed by atoms with Crippen molar-refractivity contribution < 1.29 is 36.0 Å². The first-order chi connectivity index (χ1) is 24.5. The summed E-state index contributed by atoms with van der Waals surface area (Å²) in [5.74, 6) is -1.20. The van der Waals surface area contributed by atoms with Gasteiger partial charge in [-0.15, -0.1) is 0 Å². The molecule has 1 heterocycles. The number of esters is 1. The highest BCUT2D eigenvalue weighted by Crippen LogP contribution is 2.33. The Morgan fingerprint density at radius 1 is 0.943 bits per heavy atom. The van der Waals surface area contributed by atoms with Gasteiger partial charge in [0.25, 0.3) is 0 Å². The van der Waals surface area contributed by atoms with Crippen LogP contribution in [0.5, 0.6) is 0 Å². The number of nitrogens with zero attached hydrogens (tertiary/aromatic N) is 3. The van der Waals surface area contributed by atoms with Gasteiger partial charge in [0.15, 0.2) is 0 Å². The van der Waals surface area contributed by atoms with Crippen LogP contribution in [0.25, 0.3) is 11.1 Å². The van der Waals surface area contributed by atoms with Crippen molar-refractivity contribution in [2.45, 2.75) is 97.3 Å². The lowest BCUT2D eigenvalue weighted by molar-refractivity contribution is -0.189. The molecule has 0 saturated carbocycles. The van der Waals surface area contributed by atoms with Gasteiger partial charge in [0, 0.05) is 49.5 Å². The normalized spacial score (nSPS) is 13.3. The summed E-state index contributed by atoms with van der Waals surface area (Å²) in [4.78, 5) is 35.1. The molecular weight excluding hydrogens is 742 g/mol. The largest absolute Gasteiger partial charge is 0.459 e. The van der Waals surface area contributed by atoms with Crippen molar-refractivity contribution in [3.8, 4) is 11.1 Å². The number of nitrogens with one attached hydrogen (secondary N) is 2. The molecule has 53 heavy (non-hydrogen) atoms. The minimum Gasteiger partial charge on any atom is -0.459 e. The number of hydroxylamine groups is 1. The highest BCUT2D eigenvalue weighted by Gasteiger charge is 2.33. The van der Waals surface area contributed by atoms with Gasteiger partial charge in [0.1, 0.15) is 12.1 Å². The van der Waals surface area contributed by atoms with Crippen molar-refractivity contribution in [2.24, 2.45) is 0 Å². The molecule has 0 bridgehead atoms. The number of halogens is 1. The second kappa shape index (κ2) is 18.3. The fourth-order valence-corrected chi connectivity index (χ4v) is 8.57. The van der Waals surface area contributed by atoms with Gasteiger partial charge in [-0.3, -0.25) is 19.4 Å². The third-order valence-electron chi connectivity index (χ3n) is 7.77. The molecule has 13 nitrogen and oxygen atoms in total. The molecule has 0 fully saturated rings. The van der Waals surface area contributed by atoms with Crippen molar-refractivity contribution in [2.75, 3.05) is 26.2 Å². The molecule has 1 amide bonds. The Morgan fingerprint density at radius 2 is 1.62 bits per heavy atom. The summed E-state index contributed by atoms with van der Waals surface area (Å²) >= 11 is 6.34. The Balaban J connectivity index is 1.71. The molecule has 0 unspecified atom stereocenters. The van der Waals surface area contributed by atoms with Crippen LogP contribution < -0.4 is 10.0 Å². The fourth-order valence-electron chi connectivity index (χ4n) is 5.33. The third-order valence-corrected chi connectivity index (χ3v) is 11.6. The van der Waals surface area contributed by atoms with Crippen LogP contribution in [0.15, 0.2) is 65.8 Å². The number of hydrogen-bond donors (Lipinski definition) is 2. The second-order valence-corrected chi connectivity index (χ2v) is 18.5. The molecule has 0 radical (unpaired) electrons. The number of carbonyl (C=O) groups is 2. The number of ether oxygens (including phenoxy) is 1. The van der Waals surface area contributed by atoms with Crippen LogP contribution in [-0.2, 0) is 39.4 Å². The van der Waals surface area contributed by atoms with E-state index in [2.05, 4.69) is 15.0 Å². The molecule has 2 aromatic carbocycles. The summed E-state index contributed by atoms with van der Waals surface area (Å²) < 4.78 is 64.1. The summed E-state index contributed by atoms with van der Waals surface area (Å²) in [7, 11) is -8.40. The number of aryl methyl sites for hydroxylation is 1. The first-order valence-corrected chi connectivity index (χ1v) is 20.5. The molecule has 2 N–H and O–H groups in total. The first-order valence-electron chi connectivity index (χ1n) is 17.2. The molecular formula is C37H52ClN5O8S2. The topological polar surface area (TPSA) is 164 Å². The molecule has 0 spiro atoms. The van der Waals surface area contributed by atoms with Crippen molar-refractivity contribution in [3.05, 3.63) is 82.6 Å². The molecule has 0 saturated heterocycles. The molecule has 0 aliphatic carbocycles. The summed E-state index contributed by atoms with van der Waals surface area (Å²) in [5.41, 5.74) is 2.27. The highest BCUT2D eigenvalue weighted by molar-refractivity contribution is 7.89. The lowest BCUT2D eigenvalue weighted by Crippen LogP contribution is -2.49. The Bertz CT molecular complexity index is 1960. The predicted molar refractivity (Wildman–Crippen MR) is 205 cm³/mol. The second-order valence-electron chi connectivity index (χ2n) is 14.6.